The number of hydrogen-bond donors (Lipinski definition) is 2. The maximum Gasteiger partial charge on any atom is 0.262 e. The largest absolute Gasteiger partial charge is 0.511 e. The number of amides is 1. The molecular formula is C24H25N3O2. The lowest BCUT2D eigenvalue weighted by Gasteiger charge is -2.22. The van der Waals surface area contributed by atoms with E-state index in [2.05, 4.69) is 22.4 Å². The van der Waals surface area contributed by atoms with Gasteiger partial charge in [-0.3, -0.25) is 4.79 Å². The first-order valence-electron chi connectivity index (χ1n) is 10.5. The minimum atomic E-state index is -0.316. The number of anilines is 1. The molecule has 1 aromatic heterocycles. The van der Waals surface area contributed by atoms with E-state index in [1.54, 1.807) is 0 Å². The van der Waals surface area contributed by atoms with Gasteiger partial charge in [-0.05, 0) is 48.6 Å². The van der Waals surface area contributed by atoms with Crippen molar-refractivity contribution >= 4 is 28.2 Å². The summed E-state index contributed by atoms with van der Waals surface area (Å²) in [6, 6.07) is 16.0. The average molecular weight is 387 g/mol. The monoisotopic (exact) mass is 387 g/mol. The molecule has 5 heteroatoms. The molecule has 1 fully saturated rings. The van der Waals surface area contributed by atoms with E-state index in [-0.39, 0.29) is 17.2 Å². The summed E-state index contributed by atoms with van der Waals surface area (Å²) in [4.78, 5) is 17.6. The third kappa shape index (κ3) is 3.31. The number of imidazole rings is 1. The minimum absolute atomic E-state index is 0.101. The third-order valence-electron chi connectivity index (χ3n) is 6.21. The van der Waals surface area contributed by atoms with Gasteiger partial charge < -0.3 is 15.0 Å². The molecule has 0 atom stereocenters. The molecule has 5 nitrogen and oxygen atoms in total. The Labute approximate surface area is 170 Å². The van der Waals surface area contributed by atoms with E-state index in [1.807, 2.05) is 41.0 Å². The quantitative estimate of drug-likeness (QED) is 0.633. The van der Waals surface area contributed by atoms with E-state index in [1.165, 1.54) is 37.7 Å². The van der Waals surface area contributed by atoms with Gasteiger partial charge in [-0.2, -0.15) is 0 Å². The summed E-state index contributed by atoms with van der Waals surface area (Å²) in [5.74, 6) is 0.957. The summed E-state index contributed by atoms with van der Waals surface area (Å²) in [5.41, 5.74) is 4.17. The van der Waals surface area contributed by atoms with Crippen molar-refractivity contribution in [3.63, 3.8) is 0 Å². The van der Waals surface area contributed by atoms with E-state index in [4.69, 9.17) is 0 Å². The molecule has 2 aliphatic rings. The van der Waals surface area contributed by atoms with Crippen LogP contribution in [0.15, 0.2) is 54.3 Å². The molecule has 0 spiro atoms. The second kappa shape index (κ2) is 7.39. The number of para-hydroxylation sites is 2. The third-order valence-corrected chi connectivity index (χ3v) is 6.21. The fourth-order valence-corrected chi connectivity index (χ4v) is 4.67. The fourth-order valence-electron chi connectivity index (χ4n) is 4.67. The molecule has 1 aliphatic heterocycles. The molecular weight excluding hydrogens is 362 g/mol. The molecule has 3 aromatic rings. The van der Waals surface area contributed by atoms with E-state index < -0.39 is 0 Å². The first kappa shape index (κ1) is 18.0. The smallest absolute Gasteiger partial charge is 0.262 e. The Morgan fingerprint density at radius 2 is 1.79 bits per heavy atom. The van der Waals surface area contributed by atoms with Gasteiger partial charge in [0.2, 0.25) is 0 Å². The number of aromatic nitrogens is 2. The van der Waals surface area contributed by atoms with Gasteiger partial charge in [-0.15, -0.1) is 0 Å². The zero-order chi connectivity index (χ0) is 19.8. The molecule has 0 saturated heterocycles. The second-order valence-corrected chi connectivity index (χ2v) is 8.06. The second-order valence-electron chi connectivity index (χ2n) is 8.06. The number of hydrogen-bond acceptors (Lipinski definition) is 3. The van der Waals surface area contributed by atoms with Crippen molar-refractivity contribution in [1.29, 1.82) is 0 Å². The summed E-state index contributed by atoms with van der Waals surface area (Å²) in [6.07, 6.45) is 6.88. The average Bonchev–Trinajstić information content (AvgIpc) is 3.13. The number of carbonyl (C=O) groups excluding carboxylic acids is 1. The maximum absolute atomic E-state index is 13.0. The van der Waals surface area contributed by atoms with Gasteiger partial charge in [-0.1, -0.05) is 43.5 Å². The summed E-state index contributed by atoms with van der Waals surface area (Å²) < 4.78 is 2.01. The molecule has 2 aromatic carbocycles. The fraction of sp³-hybridized carbons (Fsp3) is 0.333. The van der Waals surface area contributed by atoms with Crippen LogP contribution in [-0.4, -0.2) is 20.6 Å². The van der Waals surface area contributed by atoms with Crippen LogP contribution in [0.1, 0.15) is 55.8 Å². The van der Waals surface area contributed by atoms with Crippen molar-refractivity contribution in [3.05, 3.63) is 65.7 Å². The van der Waals surface area contributed by atoms with E-state index in [9.17, 15) is 9.90 Å². The Morgan fingerprint density at radius 1 is 1.03 bits per heavy atom. The maximum atomic E-state index is 13.0. The number of nitrogens with one attached hydrogen (secondary N) is 1. The van der Waals surface area contributed by atoms with E-state index >= 15 is 0 Å². The van der Waals surface area contributed by atoms with Crippen LogP contribution in [-0.2, 0) is 11.3 Å². The van der Waals surface area contributed by atoms with Crippen molar-refractivity contribution in [1.82, 2.24) is 9.55 Å². The summed E-state index contributed by atoms with van der Waals surface area (Å²) in [6.45, 7) is 0.620. The number of rotatable bonds is 3. The molecule has 2 heterocycles. The van der Waals surface area contributed by atoms with Gasteiger partial charge in [0.15, 0.2) is 0 Å². The summed E-state index contributed by atoms with van der Waals surface area (Å²) >= 11 is 0. The molecule has 0 bridgehead atoms. The minimum Gasteiger partial charge on any atom is -0.511 e. The van der Waals surface area contributed by atoms with Crippen LogP contribution < -0.4 is 5.32 Å². The van der Waals surface area contributed by atoms with Gasteiger partial charge in [0, 0.05) is 18.7 Å². The van der Waals surface area contributed by atoms with Crippen LogP contribution in [0, 0.1) is 0 Å². The number of fused-ring (bicyclic) bond motifs is 3. The van der Waals surface area contributed by atoms with Gasteiger partial charge >= 0.3 is 0 Å². The first-order valence-corrected chi connectivity index (χ1v) is 10.5. The molecule has 2 N–H and O–H groups in total. The lowest BCUT2D eigenvalue weighted by Crippen LogP contribution is -2.22. The summed E-state index contributed by atoms with van der Waals surface area (Å²) in [5, 5.41) is 13.4. The number of nitrogens with zero attached hydrogens (tertiary/aromatic N) is 2. The van der Waals surface area contributed by atoms with Crippen LogP contribution in [0.4, 0.5) is 5.69 Å². The molecule has 0 unspecified atom stereocenters. The van der Waals surface area contributed by atoms with Gasteiger partial charge in [0.1, 0.15) is 17.2 Å². The van der Waals surface area contributed by atoms with Crippen molar-refractivity contribution < 1.29 is 9.90 Å². The van der Waals surface area contributed by atoms with Crippen molar-refractivity contribution in [2.45, 2.75) is 51.0 Å². The highest BCUT2D eigenvalue weighted by molar-refractivity contribution is 6.25. The molecule has 1 aliphatic carbocycles. The number of allylic oxidation sites excluding steroid dienone is 1. The number of benzene rings is 2. The highest BCUT2D eigenvalue weighted by Gasteiger charge is 2.28. The normalized spacial score (nSPS) is 17.4. The number of carbonyl (C=O) groups is 1. The van der Waals surface area contributed by atoms with Crippen LogP contribution in [0.2, 0.25) is 0 Å². The van der Waals surface area contributed by atoms with Crippen LogP contribution in [0.25, 0.3) is 16.6 Å². The van der Waals surface area contributed by atoms with Crippen molar-refractivity contribution in [3.8, 4) is 0 Å². The van der Waals surface area contributed by atoms with Gasteiger partial charge in [0.25, 0.3) is 5.91 Å². The molecule has 29 heavy (non-hydrogen) atoms. The van der Waals surface area contributed by atoms with Crippen molar-refractivity contribution in [2.75, 3.05) is 5.32 Å². The van der Waals surface area contributed by atoms with Crippen LogP contribution in [0.3, 0.4) is 0 Å². The number of aliphatic hydroxyl groups is 1. The van der Waals surface area contributed by atoms with E-state index in [0.29, 0.717) is 24.7 Å². The Kier molecular flexibility index (Phi) is 4.58. The standard InChI is InChI=1S/C24H25N3O2/c28-21-14-15-27-20-9-5-4-8-19(20)26-23(27)22(21)24(29)25-18-12-10-17(11-13-18)16-6-2-1-3-7-16/h4-5,8-13,16,28H,1-3,6-7,14-15H2,(H,25,29). The van der Waals surface area contributed by atoms with Crippen LogP contribution in [0.5, 0.6) is 0 Å². The molecule has 1 amide bonds. The highest BCUT2D eigenvalue weighted by atomic mass is 16.3. The van der Waals surface area contributed by atoms with E-state index in [0.717, 1.165) is 16.7 Å². The Morgan fingerprint density at radius 3 is 2.59 bits per heavy atom. The number of aryl methyl sites for hydroxylation is 1. The predicted octanol–water partition coefficient (Wildman–Crippen LogP) is 5.40. The van der Waals surface area contributed by atoms with Gasteiger partial charge in [0.05, 0.1) is 11.0 Å². The lowest BCUT2D eigenvalue weighted by molar-refractivity contribution is -0.111. The van der Waals surface area contributed by atoms with Crippen LogP contribution >= 0.6 is 0 Å². The molecule has 0 radical (unpaired) electrons. The highest BCUT2D eigenvalue weighted by Crippen LogP contribution is 2.34. The zero-order valence-corrected chi connectivity index (χ0v) is 16.4. The first-order chi connectivity index (χ1) is 14.2. The van der Waals surface area contributed by atoms with Gasteiger partial charge in [-0.25, -0.2) is 4.98 Å². The Hall–Kier alpha value is -3.08. The lowest BCUT2D eigenvalue weighted by atomic mass is 9.84. The Balaban J connectivity index is 1.39. The van der Waals surface area contributed by atoms with Crippen molar-refractivity contribution in [2.24, 2.45) is 0 Å². The topological polar surface area (TPSA) is 67.2 Å². The Bertz CT molecular complexity index is 1090. The number of aliphatic hydroxyl groups excluding tert-OH is 1. The molecule has 5 rings (SSSR count). The SMILES string of the molecule is O=C(Nc1ccc(C2CCCCC2)cc1)C1=C(O)CCn2c1nc1ccccc12. The zero-order valence-electron chi connectivity index (χ0n) is 16.4. The molecule has 1 saturated carbocycles. The molecule has 148 valence electrons. The summed E-state index contributed by atoms with van der Waals surface area (Å²) in [7, 11) is 0. The predicted molar refractivity (Wildman–Crippen MR) is 115 cm³/mol.